The van der Waals surface area contributed by atoms with Gasteiger partial charge in [0.25, 0.3) is 0 Å². The van der Waals surface area contributed by atoms with Crippen molar-refractivity contribution in [2.75, 3.05) is 25.1 Å². The zero-order chi connectivity index (χ0) is 14.4. The molecular formula is C14H26N4O2. The Morgan fingerprint density at radius 1 is 1.20 bits per heavy atom. The lowest BCUT2D eigenvalue weighted by Crippen LogP contribution is -2.31. The smallest absolute Gasteiger partial charge is 0.315 e. The molecule has 0 spiro atoms. The first-order chi connectivity index (χ1) is 9.65. The highest BCUT2D eigenvalue weighted by atomic mass is 16.5. The first-order valence-corrected chi connectivity index (χ1v) is 7.52. The monoisotopic (exact) mass is 282 g/mol. The molecule has 2 rings (SSSR count). The zero-order valence-corrected chi connectivity index (χ0v) is 12.7. The van der Waals surface area contributed by atoms with E-state index in [1.165, 1.54) is 0 Å². The van der Waals surface area contributed by atoms with Crippen LogP contribution in [-0.2, 0) is 11.3 Å². The van der Waals surface area contributed by atoms with E-state index in [1.54, 1.807) is 0 Å². The minimum atomic E-state index is 0.329. The molecule has 1 saturated heterocycles. The second kappa shape index (κ2) is 7.59. The van der Waals surface area contributed by atoms with Gasteiger partial charge in [0.15, 0.2) is 0 Å². The molecule has 0 amide bonds. The molecule has 0 bridgehead atoms. The molecule has 1 fully saturated rings. The summed E-state index contributed by atoms with van der Waals surface area (Å²) in [5.41, 5.74) is 0. The molecule has 1 atom stereocenters. The quantitative estimate of drug-likeness (QED) is 0.797. The molecule has 2 heterocycles. The van der Waals surface area contributed by atoms with Gasteiger partial charge in [-0.1, -0.05) is 18.9 Å². The molecule has 1 aromatic heterocycles. The Labute approximate surface area is 120 Å². The first kappa shape index (κ1) is 15.3. The summed E-state index contributed by atoms with van der Waals surface area (Å²) < 4.78 is 11.0. The fourth-order valence-electron chi connectivity index (χ4n) is 2.38. The summed E-state index contributed by atoms with van der Waals surface area (Å²) in [7, 11) is 0. The lowest BCUT2D eigenvalue weighted by Gasteiger charge is -2.27. The van der Waals surface area contributed by atoms with Crippen molar-refractivity contribution in [3.8, 4) is 0 Å². The predicted octanol–water partition coefficient (Wildman–Crippen LogP) is 2.04. The summed E-state index contributed by atoms with van der Waals surface area (Å²) in [6.07, 6.45) is 2.18. The minimum absolute atomic E-state index is 0.329. The van der Waals surface area contributed by atoms with Gasteiger partial charge in [-0.2, -0.15) is 0 Å². The van der Waals surface area contributed by atoms with Crippen molar-refractivity contribution in [3.63, 3.8) is 0 Å². The Bertz CT molecular complexity index is 388. The number of aromatic nitrogens is 2. The fraction of sp³-hybridized carbons (Fsp3) is 0.857. The van der Waals surface area contributed by atoms with Gasteiger partial charge >= 0.3 is 6.01 Å². The van der Waals surface area contributed by atoms with Gasteiger partial charge < -0.3 is 19.8 Å². The summed E-state index contributed by atoms with van der Waals surface area (Å²) in [6.45, 7) is 9.78. The highest BCUT2D eigenvalue weighted by molar-refractivity contribution is 5.19. The van der Waals surface area contributed by atoms with Crippen LogP contribution in [-0.4, -0.2) is 36.0 Å². The molecule has 1 aromatic rings. The Morgan fingerprint density at radius 2 is 1.95 bits per heavy atom. The van der Waals surface area contributed by atoms with Crippen molar-refractivity contribution in [1.82, 2.24) is 15.5 Å². The molecule has 0 saturated carbocycles. The summed E-state index contributed by atoms with van der Waals surface area (Å²) >= 11 is 0. The van der Waals surface area contributed by atoms with E-state index < -0.39 is 0 Å². The van der Waals surface area contributed by atoms with Crippen LogP contribution < -0.4 is 10.6 Å². The molecule has 20 heavy (non-hydrogen) atoms. The number of hydrogen-bond donors (Lipinski definition) is 2. The summed E-state index contributed by atoms with van der Waals surface area (Å²) in [5, 5.41) is 14.7. The van der Waals surface area contributed by atoms with E-state index in [-0.39, 0.29) is 0 Å². The van der Waals surface area contributed by atoms with Crippen LogP contribution in [0.5, 0.6) is 0 Å². The maximum Gasteiger partial charge on any atom is 0.315 e. The normalized spacial score (nSPS) is 18.4. The lowest BCUT2D eigenvalue weighted by atomic mass is 9.93. The van der Waals surface area contributed by atoms with Gasteiger partial charge in [0.05, 0.1) is 6.54 Å². The molecule has 0 aliphatic carbocycles. The summed E-state index contributed by atoms with van der Waals surface area (Å²) in [6, 6.07) is 0.848. The van der Waals surface area contributed by atoms with Gasteiger partial charge in [-0.25, -0.2) is 0 Å². The Balaban J connectivity index is 1.76. The average Bonchev–Trinajstić information content (AvgIpc) is 2.87. The Morgan fingerprint density at radius 3 is 2.65 bits per heavy atom. The van der Waals surface area contributed by atoms with E-state index in [0.29, 0.717) is 36.3 Å². The van der Waals surface area contributed by atoms with Crippen LogP contribution in [0.3, 0.4) is 0 Å². The number of rotatable bonds is 7. The topological polar surface area (TPSA) is 72.2 Å². The molecule has 0 radical (unpaired) electrons. The minimum Gasteiger partial charge on any atom is -0.407 e. The number of anilines is 1. The lowest BCUT2D eigenvalue weighted by molar-refractivity contribution is 0.0620. The Kier molecular flexibility index (Phi) is 5.79. The molecule has 1 aliphatic heterocycles. The molecule has 1 unspecified atom stereocenters. The van der Waals surface area contributed by atoms with E-state index in [4.69, 9.17) is 9.15 Å². The highest BCUT2D eigenvalue weighted by Crippen LogP contribution is 2.21. The van der Waals surface area contributed by atoms with Gasteiger partial charge in [0.1, 0.15) is 0 Å². The average molecular weight is 282 g/mol. The molecule has 1 aliphatic rings. The van der Waals surface area contributed by atoms with Crippen molar-refractivity contribution < 1.29 is 9.15 Å². The van der Waals surface area contributed by atoms with Gasteiger partial charge in [0, 0.05) is 19.3 Å². The third-order valence-electron chi connectivity index (χ3n) is 3.62. The van der Waals surface area contributed by atoms with E-state index in [9.17, 15) is 0 Å². The maximum atomic E-state index is 5.60. The largest absolute Gasteiger partial charge is 0.407 e. The van der Waals surface area contributed by atoms with Crippen molar-refractivity contribution in [1.29, 1.82) is 0 Å². The molecular weight excluding hydrogens is 256 g/mol. The first-order valence-electron chi connectivity index (χ1n) is 7.52. The predicted molar refractivity (Wildman–Crippen MR) is 77.5 cm³/mol. The van der Waals surface area contributed by atoms with Gasteiger partial charge in [-0.05, 0) is 38.1 Å². The van der Waals surface area contributed by atoms with Gasteiger partial charge in [-0.15, -0.1) is 5.10 Å². The van der Waals surface area contributed by atoms with Crippen molar-refractivity contribution in [2.45, 2.75) is 46.2 Å². The van der Waals surface area contributed by atoms with Crippen LogP contribution in [0.25, 0.3) is 0 Å². The van der Waals surface area contributed by atoms with E-state index in [2.05, 4.69) is 41.6 Å². The van der Waals surface area contributed by atoms with Crippen LogP contribution in [0.15, 0.2) is 4.42 Å². The SMILES string of the molecule is CC(C)CNCc1nnc(NC(C)C2CCOCC2)o1. The molecule has 6 heteroatoms. The second-order valence-corrected chi connectivity index (χ2v) is 5.91. The van der Waals surface area contributed by atoms with Gasteiger partial charge in [0.2, 0.25) is 5.89 Å². The van der Waals surface area contributed by atoms with Crippen molar-refractivity contribution in [2.24, 2.45) is 11.8 Å². The maximum absolute atomic E-state index is 5.60. The third-order valence-corrected chi connectivity index (χ3v) is 3.62. The highest BCUT2D eigenvalue weighted by Gasteiger charge is 2.21. The number of nitrogens with one attached hydrogen (secondary N) is 2. The zero-order valence-electron chi connectivity index (χ0n) is 12.7. The molecule has 2 N–H and O–H groups in total. The van der Waals surface area contributed by atoms with Crippen molar-refractivity contribution >= 4 is 6.01 Å². The molecule has 114 valence electrons. The summed E-state index contributed by atoms with van der Waals surface area (Å²) in [4.78, 5) is 0. The number of hydrogen-bond acceptors (Lipinski definition) is 6. The van der Waals surface area contributed by atoms with Crippen LogP contribution in [0.4, 0.5) is 6.01 Å². The van der Waals surface area contributed by atoms with Gasteiger partial charge in [-0.3, -0.25) is 0 Å². The fourth-order valence-corrected chi connectivity index (χ4v) is 2.38. The van der Waals surface area contributed by atoms with Crippen LogP contribution in [0, 0.1) is 11.8 Å². The second-order valence-electron chi connectivity index (χ2n) is 5.91. The molecule has 0 aromatic carbocycles. The number of nitrogens with zero attached hydrogens (tertiary/aromatic N) is 2. The van der Waals surface area contributed by atoms with Crippen LogP contribution >= 0.6 is 0 Å². The number of ether oxygens (including phenoxy) is 1. The van der Waals surface area contributed by atoms with Crippen LogP contribution in [0.1, 0.15) is 39.5 Å². The Hall–Kier alpha value is -1.14. The molecule has 6 nitrogen and oxygen atoms in total. The van der Waals surface area contributed by atoms with E-state index >= 15 is 0 Å². The van der Waals surface area contributed by atoms with Crippen LogP contribution in [0.2, 0.25) is 0 Å². The summed E-state index contributed by atoms with van der Waals surface area (Å²) in [5.74, 6) is 1.86. The standard InChI is InChI=1S/C14H26N4O2/c1-10(2)8-15-9-13-17-18-14(20-13)16-11(3)12-4-6-19-7-5-12/h10-12,15H,4-9H2,1-3H3,(H,16,18). The van der Waals surface area contributed by atoms with E-state index in [1.807, 2.05) is 0 Å². The van der Waals surface area contributed by atoms with Crippen molar-refractivity contribution in [3.05, 3.63) is 5.89 Å². The third kappa shape index (κ3) is 4.76. The van der Waals surface area contributed by atoms with E-state index in [0.717, 1.165) is 32.6 Å².